The first-order chi connectivity index (χ1) is 28.6. The van der Waals surface area contributed by atoms with Gasteiger partial charge in [-0.3, -0.25) is 24.6 Å². The number of nitrogens with one attached hydrogen (secondary N) is 2. The summed E-state index contributed by atoms with van der Waals surface area (Å²) in [4.78, 5) is 48.6. The molecule has 2 saturated heterocycles. The van der Waals surface area contributed by atoms with Crippen LogP contribution in [0.3, 0.4) is 0 Å². The van der Waals surface area contributed by atoms with Crippen LogP contribution in [0.5, 0.6) is 0 Å². The first-order valence-corrected chi connectivity index (χ1v) is 22.0. The van der Waals surface area contributed by atoms with Crippen LogP contribution in [0.15, 0.2) is 41.5 Å². The van der Waals surface area contributed by atoms with Crippen molar-refractivity contribution in [2.75, 3.05) is 45.8 Å². The number of benzene rings is 1. The lowest BCUT2D eigenvalue weighted by molar-refractivity contribution is -0.147. The summed E-state index contributed by atoms with van der Waals surface area (Å²) in [6, 6.07) is 8.31. The molecule has 15 nitrogen and oxygen atoms in total. The lowest BCUT2D eigenvalue weighted by Crippen LogP contribution is -2.60. The molecule has 6 rings (SSSR count). The van der Waals surface area contributed by atoms with Gasteiger partial charge >= 0.3 is 12.1 Å². The van der Waals surface area contributed by atoms with Gasteiger partial charge < -0.3 is 39.0 Å². The lowest BCUT2D eigenvalue weighted by atomic mass is 9.84. The highest BCUT2D eigenvalue weighted by Gasteiger charge is 2.36. The molecule has 0 spiro atoms. The van der Waals surface area contributed by atoms with Gasteiger partial charge in [-0.15, -0.1) is 11.8 Å². The minimum absolute atomic E-state index is 0.00587. The van der Waals surface area contributed by atoms with Gasteiger partial charge in [-0.05, 0) is 101 Å². The van der Waals surface area contributed by atoms with Crippen molar-refractivity contribution >= 4 is 45.7 Å². The number of rotatable bonds is 16. The summed E-state index contributed by atoms with van der Waals surface area (Å²) >= 11 is 1.53. The van der Waals surface area contributed by atoms with Crippen LogP contribution in [-0.4, -0.2) is 117 Å². The second-order valence-electron chi connectivity index (χ2n) is 17.7. The maximum atomic E-state index is 13.9. The van der Waals surface area contributed by atoms with Crippen LogP contribution in [0.2, 0.25) is 0 Å². The number of hydrazine groups is 1. The minimum atomic E-state index is -1.04. The average Bonchev–Trinajstić information content (AvgIpc) is 3.81. The third kappa shape index (κ3) is 11.2. The van der Waals surface area contributed by atoms with E-state index in [1.165, 1.54) is 16.8 Å². The normalized spacial score (nSPS) is 20.2. The summed E-state index contributed by atoms with van der Waals surface area (Å²) in [7, 11) is 1.68. The molecule has 2 fully saturated rings. The van der Waals surface area contributed by atoms with Crippen molar-refractivity contribution < 1.29 is 43.5 Å². The van der Waals surface area contributed by atoms with E-state index in [1.807, 2.05) is 13.0 Å². The topological polar surface area (TPSA) is 186 Å². The quantitative estimate of drug-likeness (QED) is 0.128. The van der Waals surface area contributed by atoms with Crippen molar-refractivity contribution in [1.29, 1.82) is 0 Å². The molecule has 0 saturated carbocycles. The number of nitrogens with zero attached hydrogens (tertiary/aromatic N) is 4. The fraction of sp³-hybridized carbons (Fsp3) is 0.614. The van der Waals surface area contributed by atoms with Crippen molar-refractivity contribution in [1.82, 2.24) is 25.3 Å². The number of fused-ring (bicyclic) bond motifs is 1. The molecule has 3 aliphatic heterocycles. The number of aliphatic imine (C=N–C) groups is 1. The Balaban J connectivity index is 1.37. The van der Waals surface area contributed by atoms with Gasteiger partial charge in [0.25, 0.3) is 5.91 Å². The molecule has 328 valence electrons. The number of aliphatic hydroxyl groups excluding tert-OH is 1. The van der Waals surface area contributed by atoms with E-state index >= 15 is 0 Å². The second kappa shape index (κ2) is 19.8. The van der Waals surface area contributed by atoms with Crippen molar-refractivity contribution in [3.8, 4) is 11.3 Å². The van der Waals surface area contributed by atoms with E-state index in [2.05, 4.69) is 53.4 Å². The SMILES string of the molecule is CO[C@@H](C)c1ncccc1-c1c(CC(C)(C)CO)c2cc(C3CSC(C[C@H](NC(=O)OC(C)(C)C)C(=O)N4CCC[C@@H](C(=O)O)N4)=N3)ccc2n1CCOC1CCOCC1. The summed E-state index contributed by atoms with van der Waals surface area (Å²) < 4.78 is 25.7. The smallest absolute Gasteiger partial charge is 0.408 e. The molecule has 4 N–H and O–H groups in total. The number of aliphatic hydroxyl groups is 1. The van der Waals surface area contributed by atoms with E-state index in [9.17, 15) is 24.6 Å². The molecular weight excluding hydrogens is 789 g/mol. The highest BCUT2D eigenvalue weighted by atomic mass is 32.2. The van der Waals surface area contributed by atoms with Crippen LogP contribution in [0, 0.1) is 5.41 Å². The molecule has 0 aliphatic carbocycles. The molecule has 4 atom stereocenters. The molecule has 0 bridgehead atoms. The van der Waals surface area contributed by atoms with Crippen LogP contribution in [-0.2, 0) is 41.5 Å². The molecular formula is C44H62N6O9S. The van der Waals surface area contributed by atoms with E-state index in [0.29, 0.717) is 63.0 Å². The van der Waals surface area contributed by atoms with Gasteiger partial charge in [-0.1, -0.05) is 19.9 Å². The number of carboxylic acid groups (broad SMARTS) is 1. The van der Waals surface area contributed by atoms with E-state index in [-0.39, 0.29) is 31.3 Å². The lowest BCUT2D eigenvalue weighted by Gasteiger charge is -2.34. The first kappa shape index (κ1) is 45.5. The largest absolute Gasteiger partial charge is 0.480 e. The molecule has 60 heavy (non-hydrogen) atoms. The zero-order valence-corrected chi connectivity index (χ0v) is 36.8. The van der Waals surface area contributed by atoms with Crippen molar-refractivity contribution in [2.45, 2.75) is 123 Å². The van der Waals surface area contributed by atoms with Crippen LogP contribution in [0.1, 0.15) is 103 Å². The van der Waals surface area contributed by atoms with Gasteiger partial charge in [0.2, 0.25) is 0 Å². The molecule has 2 amide bonds. The maximum absolute atomic E-state index is 13.9. The zero-order valence-electron chi connectivity index (χ0n) is 36.0. The van der Waals surface area contributed by atoms with Gasteiger partial charge in [0, 0.05) is 74.9 Å². The van der Waals surface area contributed by atoms with Crippen molar-refractivity contribution in [2.24, 2.45) is 10.4 Å². The number of carbonyl (C=O) groups excluding carboxylic acids is 2. The van der Waals surface area contributed by atoms with Crippen LogP contribution < -0.4 is 10.7 Å². The van der Waals surface area contributed by atoms with Crippen LogP contribution >= 0.6 is 11.8 Å². The molecule has 5 heterocycles. The number of pyridine rings is 1. The second-order valence-corrected chi connectivity index (χ2v) is 18.7. The van der Waals surface area contributed by atoms with Crippen LogP contribution in [0.25, 0.3) is 22.2 Å². The standard InChI is InChI=1S/C44H62N6O9S/c1-27(56-7)38-30(10-8-16-45-38)39-32(24-44(5,6)26-51)31-22-28(12-13-36(31)49(39)18-21-58-29-14-19-57-20-15-29)35-25-60-37(46-35)23-34(47-42(55)59-43(2,3)4)40(52)50-17-9-11-33(48-50)41(53)54/h8,10,12-13,16,22,27,29,33-35,48,51H,9,11,14-15,17-21,23-26H2,1-7H3,(H,47,55)(H,53,54)/t27-,33-,34-,35?/m0/s1. The van der Waals surface area contributed by atoms with Crippen molar-refractivity contribution in [3.63, 3.8) is 0 Å². The molecule has 1 aromatic carbocycles. The fourth-order valence-corrected chi connectivity index (χ4v) is 9.05. The number of aliphatic carboxylic acids is 1. The summed E-state index contributed by atoms with van der Waals surface area (Å²) in [6.07, 6.45) is 4.25. The molecule has 2 aromatic heterocycles. The Bertz CT molecular complexity index is 2020. The fourth-order valence-electron chi connectivity index (χ4n) is 7.95. The number of amides is 2. The molecule has 16 heteroatoms. The minimum Gasteiger partial charge on any atom is -0.480 e. The highest BCUT2D eigenvalue weighted by molar-refractivity contribution is 8.14. The molecule has 1 unspecified atom stereocenters. The number of carboxylic acids is 1. The number of methoxy groups -OCH3 is 1. The number of aromatic nitrogens is 2. The monoisotopic (exact) mass is 850 g/mol. The third-order valence-electron chi connectivity index (χ3n) is 11.2. The van der Waals surface area contributed by atoms with Crippen LogP contribution in [0.4, 0.5) is 4.79 Å². The van der Waals surface area contributed by atoms with Gasteiger partial charge in [-0.25, -0.2) is 10.2 Å². The average molecular weight is 851 g/mol. The van der Waals surface area contributed by atoms with Gasteiger partial charge in [0.05, 0.1) is 41.3 Å². The summed E-state index contributed by atoms with van der Waals surface area (Å²) in [5.41, 5.74) is 7.50. The Kier molecular flexibility index (Phi) is 15.0. The number of alkyl carbamates (subject to hydrolysis) is 1. The van der Waals surface area contributed by atoms with E-state index in [1.54, 1.807) is 34.1 Å². The Hall–Kier alpha value is -4.06. The summed E-state index contributed by atoms with van der Waals surface area (Å²) in [5, 5.41) is 26.0. The number of thioether (sulfide) groups is 1. The molecule has 3 aromatic rings. The van der Waals surface area contributed by atoms with E-state index in [4.69, 9.17) is 28.9 Å². The van der Waals surface area contributed by atoms with Gasteiger partial charge in [0.15, 0.2) is 0 Å². The van der Waals surface area contributed by atoms with Crippen molar-refractivity contribution in [3.05, 3.63) is 53.3 Å². The Morgan fingerprint density at radius 3 is 2.58 bits per heavy atom. The highest BCUT2D eigenvalue weighted by Crippen LogP contribution is 2.42. The number of carbonyl (C=O) groups is 3. The van der Waals surface area contributed by atoms with Gasteiger partial charge in [0.1, 0.15) is 17.7 Å². The number of ether oxygens (including phenoxy) is 4. The number of hydrogen-bond donors (Lipinski definition) is 4. The maximum Gasteiger partial charge on any atom is 0.408 e. The third-order valence-corrected chi connectivity index (χ3v) is 12.2. The van der Waals surface area contributed by atoms with E-state index in [0.717, 1.165) is 51.8 Å². The Morgan fingerprint density at radius 1 is 1.12 bits per heavy atom. The summed E-state index contributed by atoms with van der Waals surface area (Å²) in [5.74, 6) is -0.874. The predicted octanol–water partition coefficient (Wildman–Crippen LogP) is 6.22. The predicted molar refractivity (Wildman–Crippen MR) is 231 cm³/mol. The summed E-state index contributed by atoms with van der Waals surface area (Å²) in [6.45, 7) is 14.2. The Morgan fingerprint density at radius 2 is 1.88 bits per heavy atom. The zero-order chi connectivity index (χ0) is 43.2. The van der Waals surface area contributed by atoms with E-state index < -0.39 is 41.1 Å². The Labute approximate surface area is 356 Å². The molecule has 0 radical (unpaired) electrons. The molecule has 3 aliphatic rings. The number of hydrogen-bond acceptors (Lipinski definition) is 12. The van der Waals surface area contributed by atoms with Gasteiger partial charge in [-0.2, -0.15) is 0 Å². The first-order valence-electron chi connectivity index (χ1n) is 21.0.